The van der Waals surface area contributed by atoms with E-state index in [1.807, 2.05) is 4.90 Å². The lowest BCUT2D eigenvalue weighted by Gasteiger charge is -2.29. The molecular formula is C18H17F3N6O2S. The Morgan fingerprint density at radius 3 is 2.67 bits per heavy atom. The molecule has 0 radical (unpaired) electrons. The van der Waals surface area contributed by atoms with Gasteiger partial charge in [-0.2, -0.15) is 18.3 Å². The van der Waals surface area contributed by atoms with E-state index in [2.05, 4.69) is 25.8 Å². The van der Waals surface area contributed by atoms with Gasteiger partial charge in [0.15, 0.2) is 0 Å². The number of rotatable bonds is 4. The fraction of sp³-hybridized carbons (Fsp3) is 0.278. The zero-order chi connectivity index (χ0) is 21.1. The molecule has 3 heterocycles. The van der Waals surface area contributed by atoms with Crippen LogP contribution in [-0.2, 0) is 10.9 Å². The number of benzene rings is 1. The fourth-order valence-corrected chi connectivity index (χ4v) is 3.71. The molecule has 0 saturated carbocycles. The first-order chi connectivity index (χ1) is 14.4. The van der Waals surface area contributed by atoms with Crippen LogP contribution in [0.15, 0.2) is 36.0 Å². The van der Waals surface area contributed by atoms with Crippen LogP contribution in [0.4, 0.5) is 35.0 Å². The van der Waals surface area contributed by atoms with Crippen molar-refractivity contribution in [2.24, 2.45) is 0 Å². The summed E-state index contributed by atoms with van der Waals surface area (Å²) >= 11 is 1.33. The van der Waals surface area contributed by atoms with E-state index in [1.54, 1.807) is 17.6 Å². The van der Waals surface area contributed by atoms with Crippen molar-refractivity contribution in [3.8, 4) is 10.7 Å². The highest BCUT2D eigenvalue weighted by Crippen LogP contribution is 2.37. The van der Waals surface area contributed by atoms with Crippen LogP contribution in [0.1, 0.15) is 5.56 Å². The average molecular weight is 438 g/mol. The summed E-state index contributed by atoms with van der Waals surface area (Å²) in [7, 11) is 0. The van der Waals surface area contributed by atoms with Gasteiger partial charge < -0.3 is 20.3 Å². The normalized spacial score (nSPS) is 14.6. The minimum Gasteiger partial charge on any atom is -0.378 e. The first-order valence-electron chi connectivity index (χ1n) is 8.97. The van der Waals surface area contributed by atoms with Crippen molar-refractivity contribution in [3.05, 3.63) is 41.5 Å². The topological polar surface area (TPSA) is 95.2 Å². The van der Waals surface area contributed by atoms with Crippen LogP contribution in [0, 0.1) is 0 Å². The van der Waals surface area contributed by atoms with E-state index < -0.39 is 17.8 Å². The Balaban J connectivity index is 1.54. The summed E-state index contributed by atoms with van der Waals surface area (Å²) in [6.07, 6.45) is -1.68. The van der Waals surface area contributed by atoms with Crippen LogP contribution in [0.5, 0.6) is 0 Å². The molecule has 4 rings (SSSR count). The number of amides is 2. The van der Waals surface area contributed by atoms with Gasteiger partial charge >= 0.3 is 12.2 Å². The third-order valence-corrected chi connectivity index (χ3v) is 5.26. The Morgan fingerprint density at radius 1 is 1.20 bits per heavy atom. The molecule has 1 saturated heterocycles. The Bertz CT molecular complexity index is 1020. The van der Waals surface area contributed by atoms with E-state index in [-0.39, 0.29) is 5.69 Å². The first kappa shape index (κ1) is 20.2. The van der Waals surface area contributed by atoms with Crippen LogP contribution in [0.2, 0.25) is 0 Å². The largest absolute Gasteiger partial charge is 0.418 e. The number of anilines is 3. The monoisotopic (exact) mass is 438 g/mol. The van der Waals surface area contributed by atoms with Crippen LogP contribution < -0.4 is 15.5 Å². The van der Waals surface area contributed by atoms with Gasteiger partial charge in [-0.1, -0.05) is 0 Å². The fourth-order valence-electron chi connectivity index (χ4n) is 3.06. The van der Waals surface area contributed by atoms with E-state index in [0.29, 0.717) is 48.4 Å². The Morgan fingerprint density at radius 2 is 1.97 bits per heavy atom. The minimum atomic E-state index is -4.63. The number of thiazole rings is 1. The molecule has 1 aliphatic heterocycles. The van der Waals surface area contributed by atoms with Gasteiger partial charge in [-0.05, 0) is 18.2 Å². The number of hydrogen-bond donors (Lipinski definition) is 3. The van der Waals surface area contributed by atoms with Crippen LogP contribution in [-0.4, -0.2) is 47.5 Å². The van der Waals surface area contributed by atoms with Crippen molar-refractivity contribution >= 4 is 34.4 Å². The van der Waals surface area contributed by atoms with E-state index in [9.17, 15) is 18.0 Å². The lowest BCUT2D eigenvalue weighted by Crippen LogP contribution is -2.36. The summed E-state index contributed by atoms with van der Waals surface area (Å²) in [5.41, 5.74) is -0.0532. The third-order valence-electron chi connectivity index (χ3n) is 4.47. The highest BCUT2D eigenvalue weighted by molar-refractivity contribution is 7.13. The average Bonchev–Trinajstić information content (AvgIpc) is 3.39. The predicted octanol–water partition coefficient (Wildman–Crippen LogP) is 4.03. The van der Waals surface area contributed by atoms with Gasteiger partial charge in [-0.3, -0.25) is 5.10 Å². The number of aromatic nitrogens is 3. The second kappa shape index (κ2) is 8.32. The molecule has 3 N–H and O–H groups in total. The molecular weight excluding hydrogens is 421 g/mol. The molecule has 0 bridgehead atoms. The number of halogens is 3. The van der Waals surface area contributed by atoms with Crippen molar-refractivity contribution in [1.82, 2.24) is 15.2 Å². The summed E-state index contributed by atoms with van der Waals surface area (Å²) in [5, 5.41) is 13.7. The summed E-state index contributed by atoms with van der Waals surface area (Å²) < 4.78 is 46.2. The molecule has 3 aromatic rings. The number of aromatic amines is 1. The van der Waals surface area contributed by atoms with E-state index in [1.165, 1.54) is 23.6 Å². The van der Waals surface area contributed by atoms with Crippen LogP contribution in [0.25, 0.3) is 10.7 Å². The molecule has 1 aromatic carbocycles. The highest BCUT2D eigenvalue weighted by Gasteiger charge is 2.35. The van der Waals surface area contributed by atoms with Crippen molar-refractivity contribution in [1.29, 1.82) is 0 Å². The number of nitrogens with one attached hydrogen (secondary N) is 3. The highest BCUT2D eigenvalue weighted by atomic mass is 32.1. The number of hydrogen-bond acceptors (Lipinski definition) is 6. The summed E-state index contributed by atoms with van der Waals surface area (Å²) in [5.74, 6) is 0. The quantitative estimate of drug-likeness (QED) is 0.572. The summed E-state index contributed by atoms with van der Waals surface area (Å²) in [6.45, 7) is 1.92. The molecule has 12 heteroatoms. The zero-order valence-electron chi connectivity index (χ0n) is 15.5. The van der Waals surface area contributed by atoms with Gasteiger partial charge in [-0.15, -0.1) is 11.3 Å². The van der Waals surface area contributed by atoms with Crippen molar-refractivity contribution < 1.29 is 22.7 Å². The smallest absolute Gasteiger partial charge is 0.378 e. The molecule has 158 valence electrons. The Labute approximate surface area is 173 Å². The lowest BCUT2D eigenvalue weighted by atomic mass is 10.1. The Kier molecular flexibility index (Phi) is 5.59. The maximum Gasteiger partial charge on any atom is 0.418 e. The molecule has 0 atom stereocenters. The number of alkyl halides is 3. The molecule has 0 aliphatic carbocycles. The maximum absolute atomic E-state index is 13.6. The number of carbonyl (C=O) groups is 1. The first-order valence-corrected chi connectivity index (χ1v) is 9.85. The molecule has 2 aromatic heterocycles. The van der Waals surface area contributed by atoms with Gasteiger partial charge in [0.1, 0.15) is 10.7 Å². The van der Waals surface area contributed by atoms with Crippen LogP contribution in [0.3, 0.4) is 0 Å². The van der Waals surface area contributed by atoms with Gasteiger partial charge in [0, 0.05) is 30.4 Å². The molecule has 2 amide bonds. The van der Waals surface area contributed by atoms with E-state index in [0.717, 1.165) is 6.07 Å². The Hall–Kier alpha value is -3.12. The van der Waals surface area contributed by atoms with Gasteiger partial charge in [-0.25, -0.2) is 9.78 Å². The molecule has 8 nitrogen and oxygen atoms in total. The molecule has 1 aliphatic rings. The number of morpholine rings is 1. The number of nitrogens with zero attached hydrogens (tertiary/aromatic N) is 3. The number of carbonyl (C=O) groups excluding carboxylic acids is 1. The van der Waals surface area contributed by atoms with E-state index in [4.69, 9.17) is 4.74 Å². The molecule has 1 fully saturated rings. The second-order valence-electron chi connectivity index (χ2n) is 6.40. The number of urea groups is 1. The zero-order valence-corrected chi connectivity index (χ0v) is 16.3. The van der Waals surface area contributed by atoms with Crippen molar-refractivity contribution in [3.63, 3.8) is 0 Å². The minimum absolute atomic E-state index is 0.306. The molecule has 0 spiro atoms. The van der Waals surface area contributed by atoms with E-state index >= 15 is 0 Å². The standard InChI is InChI=1S/C18H17F3N6O2S/c19-18(20,21)12-9-11(27-4-6-29-7-5-27)1-2-13(12)24-17(28)25-14-10-23-26-15(14)16-22-3-8-30-16/h1-3,8-10H,4-7H2,(H,23,26)(H2,24,25,28). The third kappa shape index (κ3) is 4.39. The molecule has 0 unspecified atom stereocenters. The maximum atomic E-state index is 13.6. The number of ether oxygens (including phenoxy) is 1. The lowest BCUT2D eigenvalue weighted by molar-refractivity contribution is -0.136. The second-order valence-corrected chi connectivity index (χ2v) is 7.30. The SMILES string of the molecule is O=C(Nc1ccc(N2CCOCC2)cc1C(F)(F)F)Nc1cn[nH]c1-c1nccs1. The van der Waals surface area contributed by atoms with Gasteiger partial charge in [0.2, 0.25) is 0 Å². The van der Waals surface area contributed by atoms with Crippen molar-refractivity contribution in [2.75, 3.05) is 41.8 Å². The predicted molar refractivity (Wildman–Crippen MR) is 107 cm³/mol. The van der Waals surface area contributed by atoms with Crippen LogP contribution >= 0.6 is 11.3 Å². The summed E-state index contributed by atoms with van der Waals surface area (Å²) in [4.78, 5) is 18.3. The molecule has 30 heavy (non-hydrogen) atoms. The van der Waals surface area contributed by atoms with Gasteiger partial charge in [0.25, 0.3) is 0 Å². The van der Waals surface area contributed by atoms with Gasteiger partial charge in [0.05, 0.1) is 36.3 Å². The van der Waals surface area contributed by atoms with Crippen molar-refractivity contribution in [2.45, 2.75) is 6.18 Å². The number of H-pyrrole nitrogens is 1. The summed E-state index contributed by atoms with van der Waals surface area (Å²) in [6, 6.07) is 3.03.